The van der Waals surface area contributed by atoms with E-state index in [1.807, 2.05) is 0 Å². The van der Waals surface area contributed by atoms with Crippen molar-refractivity contribution in [2.45, 2.75) is 6.18 Å². The lowest BCUT2D eigenvalue weighted by molar-refractivity contribution is -0.142. The maximum atomic E-state index is 12.9. The summed E-state index contributed by atoms with van der Waals surface area (Å²) in [5.74, 6) is -1.16. The van der Waals surface area contributed by atoms with Crippen molar-refractivity contribution in [2.24, 2.45) is 0 Å². The van der Waals surface area contributed by atoms with Gasteiger partial charge >= 0.3 is 12.1 Å². The highest BCUT2D eigenvalue weighted by molar-refractivity contribution is 5.95. The Morgan fingerprint density at radius 1 is 1.07 bits per heavy atom. The number of benzene rings is 2. The van der Waals surface area contributed by atoms with Gasteiger partial charge in [0.25, 0.3) is 5.91 Å². The van der Waals surface area contributed by atoms with Crippen molar-refractivity contribution in [3.63, 3.8) is 0 Å². The van der Waals surface area contributed by atoms with Gasteiger partial charge in [-0.2, -0.15) is 13.2 Å². The second kappa shape index (κ2) is 8.88. The number of halogens is 3. The minimum absolute atomic E-state index is 0.407. The van der Waals surface area contributed by atoms with Gasteiger partial charge in [-0.05, 0) is 24.3 Å². The van der Waals surface area contributed by atoms with Crippen molar-refractivity contribution in [3.05, 3.63) is 65.7 Å². The van der Waals surface area contributed by atoms with Gasteiger partial charge in [-0.25, -0.2) is 4.79 Å². The molecule has 0 bridgehead atoms. The van der Waals surface area contributed by atoms with E-state index >= 15 is 0 Å². The molecule has 0 saturated carbocycles. The highest BCUT2D eigenvalue weighted by Gasteiger charge is 2.33. The molecule has 0 atom stereocenters. The van der Waals surface area contributed by atoms with Gasteiger partial charge in [0.15, 0.2) is 6.61 Å². The molecule has 0 aliphatic rings. The van der Waals surface area contributed by atoms with E-state index in [0.29, 0.717) is 11.3 Å². The normalized spacial score (nSPS) is 11.3. The number of methoxy groups -OCH3 is 1. The van der Waals surface area contributed by atoms with E-state index in [2.05, 4.69) is 5.32 Å². The number of carbonyl (C=O) groups is 2. The maximum Gasteiger partial charge on any atom is 0.418 e. The quantitative estimate of drug-likeness (QED) is 0.611. The summed E-state index contributed by atoms with van der Waals surface area (Å²) < 4.78 is 48.5. The number of alkyl halides is 3. The molecule has 1 N–H and O–H groups in total. The number of hydrogen-bond acceptors (Lipinski definition) is 4. The highest BCUT2D eigenvalue weighted by Crippen LogP contribution is 2.34. The van der Waals surface area contributed by atoms with Crippen molar-refractivity contribution in [1.29, 1.82) is 0 Å². The SMILES string of the molecule is COc1ccccc1/C=C/C(=O)OCC(=O)Nc1ccccc1C(F)(F)F. The second-order valence-electron chi connectivity index (χ2n) is 5.27. The Hall–Kier alpha value is -3.29. The molecule has 2 aromatic carbocycles. The van der Waals surface area contributed by atoms with Crippen LogP contribution in [0.2, 0.25) is 0 Å². The fraction of sp³-hybridized carbons (Fsp3) is 0.158. The van der Waals surface area contributed by atoms with Crippen LogP contribution < -0.4 is 10.1 Å². The van der Waals surface area contributed by atoms with Crippen LogP contribution in [0.4, 0.5) is 18.9 Å². The molecule has 8 heteroatoms. The number of hydrogen-bond donors (Lipinski definition) is 1. The predicted molar refractivity (Wildman–Crippen MR) is 93.1 cm³/mol. The molecule has 5 nitrogen and oxygen atoms in total. The first kappa shape index (κ1) is 20.0. The van der Waals surface area contributed by atoms with Crippen molar-refractivity contribution in [3.8, 4) is 5.75 Å². The number of para-hydroxylation sites is 2. The third-order valence-electron chi connectivity index (χ3n) is 3.39. The van der Waals surface area contributed by atoms with Crippen molar-refractivity contribution >= 4 is 23.6 Å². The van der Waals surface area contributed by atoms with Crippen molar-refractivity contribution < 1.29 is 32.2 Å². The van der Waals surface area contributed by atoms with Crippen LogP contribution in [0.25, 0.3) is 6.08 Å². The fourth-order valence-corrected chi connectivity index (χ4v) is 2.17. The molecule has 0 unspecified atom stereocenters. The molecule has 0 aliphatic carbocycles. The second-order valence-corrected chi connectivity index (χ2v) is 5.27. The summed E-state index contributed by atoms with van der Waals surface area (Å²) in [7, 11) is 1.48. The summed E-state index contributed by atoms with van der Waals surface area (Å²) in [6, 6.07) is 11.5. The molecule has 0 aromatic heterocycles. The third-order valence-corrected chi connectivity index (χ3v) is 3.39. The summed E-state index contributed by atoms with van der Waals surface area (Å²) in [4.78, 5) is 23.5. The average Bonchev–Trinajstić information content (AvgIpc) is 2.64. The molecular formula is C19H16F3NO4. The van der Waals surface area contributed by atoms with Gasteiger partial charge in [0.2, 0.25) is 0 Å². The molecule has 1 amide bonds. The van der Waals surface area contributed by atoms with Gasteiger partial charge in [-0.1, -0.05) is 30.3 Å². The topological polar surface area (TPSA) is 64.6 Å². The summed E-state index contributed by atoms with van der Waals surface area (Å²) in [5, 5.41) is 2.08. The maximum absolute atomic E-state index is 12.9. The van der Waals surface area contributed by atoms with Gasteiger partial charge in [0.05, 0.1) is 18.4 Å². The van der Waals surface area contributed by atoms with Gasteiger partial charge in [0.1, 0.15) is 5.75 Å². The summed E-state index contributed by atoms with van der Waals surface area (Å²) >= 11 is 0. The first-order valence-corrected chi connectivity index (χ1v) is 7.75. The number of anilines is 1. The predicted octanol–water partition coefficient (Wildman–Crippen LogP) is 3.91. The van der Waals surface area contributed by atoms with E-state index in [4.69, 9.17) is 9.47 Å². The molecule has 0 saturated heterocycles. The monoisotopic (exact) mass is 379 g/mol. The number of nitrogens with one attached hydrogen (secondary N) is 1. The lowest BCUT2D eigenvalue weighted by Crippen LogP contribution is -2.22. The first-order valence-electron chi connectivity index (χ1n) is 7.75. The molecule has 2 rings (SSSR count). The highest BCUT2D eigenvalue weighted by atomic mass is 19.4. The molecule has 0 spiro atoms. The Morgan fingerprint density at radius 2 is 1.74 bits per heavy atom. The average molecular weight is 379 g/mol. The molecule has 142 valence electrons. The van der Waals surface area contributed by atoms with E-state index in [9.17, 15) is 22.8 Å². The van der Waals surface area contributed by atoms with E-state index in [1.54, 1.807) is 24.3 Å². The largest absolute Gasteiger partial charge is 0.496 e. The van der Waals surface area contributed by atoms with Crippen LogP contribution in [-0.4, -0.2) is 25.6 Å². The molecule has 0 aliphatic heterocycles. The van der Waals surface area contributed by atoms with Crippen LogP contribution in [0, 0.1) is 0 Å². The molecule has 0 heterocycles. The zero-order valence-electron chi connectivity index (χ0n) is 14.2. The van der Waals surface area contributed by atoms with Crippen LogP contribution in [-0.2, 0) is 20.5 Å². The number of carbonyl (C=O) groups excluding carboxylic acids is 2. The molecular weight excluding hydrogens is 363 g/mol. The Bertz CT molecular complexity index is 847. The lowest BCUT2D eigenvalue weighted by atomic mass is 10.1. The van der Waals surface area contributed by atoms with Gasteiger partial charge < -0.3 is 14.8 Å². The van der Waals surface area contributed by atoms with Crippen LogP contribution in [0.15, 0.2) is 54.6 Å². The minimum atomic E-state index is -4.61. The van der Waals surface area contributed by atoms with Crippen LogP contribution in [0.1, 0.15) is 11.1 Å². The minimum Gasteiger partial charge on any atom is -0.496 e. The number of esters is 1. The summed E-state index contributed by atoms with van der Waals surface area (Å²) in [6.07, 6.45) is -2.08. The van der Waals surface area contributed by atoms with E-state index in [-0.39, 0.29) is 0 Å². The van der Waals surface area contributed by atoms with E-state index in [0.717, 1.165) is 18.2 Å². The number of rotatable bonds is 6. The Kier molecular flexibility index (Phi) is 6.59. The van der Waals surface area contributed by atoms with Gasteiger partial charge in [0, 0.05) is 11.6 Å². The fourth-order valence-electron chi connectivity index (χ4n) is 2.17. The molecule has 2 aromatic rings. The smallest absolute Gasteiger partial charge is 0.418 e. The lowest BCUT2D eigenvalue weighted by Gasteiger charge is -2.13. The molecule has 0 radical (unpaired) electrons. The first-order chi connectivity index (χ1) is 12.8. The van der Waals surface area contributed by atoms with Crippen LogP contribution in [0.3, 0.4) is 0 Å². The van der Waals surface area contributed by atoms with Crippen molar-refractivity contribution in [1.82, 2.24) is 0 Å². The standard InChI is InChI=1S/C19H16F3NO4/c1-26-16-9-5-2-6-13(16)10-11-18(25)27-12-17(24)23-15-8-4-3-7-14(15)19(20,21)22/h2-11H,12H2,1H3,(H,23,24)/b11-10+. The molecule has 27 heavy (non-hydrogen) atoms. The Labute approximate surface area is 153 Å². The van der Waals surface area contributed by atoms with Crippen LogP contribution in [0.5, 0.6) is 5.75 Å². The Balaban J connectivity index is 1.93. The molecule has 0 fully saturated rings. The van der Waals surface area contributed by atoms with Crippen molar-refractivity contribution in [2.75, 3.05) is 19.0 Å². The van der Waals surface area contributed by atoms with Crippen LogP contribution >= 0.6 is 0 Å². The van der Waals surface area contributed by atoms with E-state index in [1.165, 1.54) is 25.3 Å². The zero-order chi connectivity index (χ0) is 19.9. The zero-order valence-corrected chi connectivity index (χ0v) is 14.2. The van der Waals surface area contributed by atoms with Gasteiger partial charge in [-0.3, -0.25) is 4.79 Å². The van der Waals surface area contributed by atoms with E-state index < -0.39 is 35.9 Å². The van der Waals surface area contributed by atoms with Gasteiger partial charge in [-0.15, -0.1) is 0 Å². The number of amides is 1. The third kappa shape index (κ3) is 5.88. The number of ether oxygens (including phenoxy) is 2. The Morgan fingerprint density at radius 3 is 2.44 bits per heavy atom. The summed E-state index contributed by atoms with van der Waals surface area (Å²) in [5.41, 5.74) is -0.767. The summed E-state index contributed by atoms with van der Waals surface area (Å²) in [6.45, 7) is -0.721.